The van der Waals surface area contributed by atoms with E-state index in [4.69, 9.17) is 9.47 Å². The van der Waals surface area contributed by atoms with Gasteiger partial charge in [-0.15, -0.1) is 0 Å². The molecule has 19 heavy (non-hydrogen) atoms. The highest BCUT2D eigenvalue weighted by Gasteiger charge is 2.28. The van der Waals surface area contributed by atoms with Gasteiger partial charge in [-0.05, 0) is 46.9 Å². The minimum Gasteiger partial charge on any atom is -0.496 e. The molecule has 0 heterocycles. The molecular weight excluding hydrogens is 306 g/mol. The molecule has 0 saturated heterocycles. The first-order valence-corrected chi connectivity index (χ1v) is 7.63. The molecule has 106 valence electrons. The van der Waals surface area contributed by atoms with Crippen molar-refractivity contribution in [3.8, 4) is 11.5 Å². The maximum absolute atomic E-state index is 5.53. The Morgan fingerprint density at radius 3 is 2.47 bits per heavy atom. The topological polar surface area (TPSA) is 30.5 Å². The van der Waals surface area contributed by atoms with E-state index in [-0.39, 0.29) is 0 Å². The van der Waals surface area contributed by atoms with Crippen LogP contribution in [-0.4, -0.2) is 20.8 Å². The van der Waals surface area contributed by atoms with Gasteiger partial charge < -0.3 is 14.8 Å². The number of nitrogens with one attached hydrogen (secondary N) is 1. The summed E-state index contributed by atoms with van der Waals surface area (Å²) >= 11 is 3.51. The zero-order valence-electron chi connectivity index (χ0n) is 11.8. The lowest BCUT2D eigenvalue weighted by Gasteiger charge is -2.22. The second-order valence-electron chi connectivity index (χ2n) is 5.02. The number of ether oxygens (including phenoxy) is 2. The molecule has 1 N–H and O–H groups in total. The molecule has 3 nitrogen and oxygen atoms in total. The van der Waals surface area contributed by atoms with E-state index in [1.165, 1.54) is 24.8 Å². The molecule has 0 spiro atoms. The number of hydrogen-bond acceptors (Lipinski definition) is 3. The molecule has 1 atom stereocenters. The minimum atomic E-state index is 0.342. The van der Waals surface area contributed by atoms with Crippen LogP contribution in [0.1, 0.15) is 37.8 Å². The fourth-order valence-electron chi connectivity index (χ4n) is 2.41. The summed E-state index contributed by atoms with van der Waals surface area (Å²) in [7, 11) is 3.41. The second kappa shape index (κ2) is 6.62. The van der Waals surface area contributed by atoms with Gasteiger partial charge in [-0.3, -0.25) is 0 Å². The molecule has 1 saturated carbocycles. The van der Waals surface area contributed by atoms with Crippen molar-refractivity contribution in [2.45, 2.75) is 32.2 Å². The molecule has 4 heteroatoms. The lowest BCUT2D eigenvalue weighted by Crippen LogP contribution is -2.22. The number of methoxy groups -OCH3 is 2. The Balaban J connectivity index is 2.31. The second-order valence-corrected chi connectivity index (χ2v) is 5.87. The molecule has 0 radical (unpaired) electrons. The number of rotatable bonds is 7. The molecular formula is C15H22BrNO2. The third-order valence-corrected chi connectivity index (χ3v) is 4.22. The van der Waals surface area contributed by atoms with Crippen molar-refractivity contribution in [1.29, 1.82) is 0 Å². The summed E-state index contributed by atoms with van der Waals surface area (Å²) in [6.45, 7) is 3.10. The quantitative estimate of drug-likeness (QED) is 0.823. The number of halogens is 1. The molecule has 0 aromatic heterocycles. The average Bonchev–Trinajstić information content (AvgIpc) is 3.22. The highest BCUT2D eigenvalue weighted by molar-refractivity contribution is 9.10. The van der Waals surface area contributed by atoms with Crippen molar-refractivity contribution in [3.05, 3.63) is 22.2 Å². The van der Waals surface area contributed by atoms with Crippen LogP contribution < -0.4 is 14.8 Å². The van der Waals surface area contributed by atoms with Gasteiger partial charge in [0, 0.05) is 11.6 Å². The van der Waals surface area contributed by atoms with Gasteiger partial charge >= 0.3 is 0 Å². The summed E-state index contributed by atoms with van der Waals surface area (Å²) in [6, 6.07) is 4.42. The maximum atomic E-state index is 5.53. The van der Waals surface area contributed by atoms with Crippen molar-refractivity contribution in [2.24, 2.45) is 5.92 Å². The molecule has 1 aliphatic rings. The van der Waals surface area contributed by atoms with E-state index >= 15 is 0 Å². The van der Waals surface area contributed by atoms with Crippen molar-refractivity contribution < 1.29 is 9.47 Å². The highest BCUT2D eigenvalue weighted by Crippen LogP contribution is 2.42. The van der Waals surface area contributed by atoms with Crippen LogP contribution in [0.4, 0.5) is 0 Å². The molecule has 2 rings (SSSR count). The van der Waals surface area contributed by atoms with Gasteiger partial charge in [-0.1, -0.05) is 19.8 Å². The lowest BCUT2D eigenvalue weighted by atomic mass is 9.99. The van der Waals surface area contributed by atoms with Crippen LogP contribution in [0.25, 0.3) is 0 Å². The van der Waals surface area contributed by atoms with E-state index in [9.17, 15) is 0 Å². The molecule has 1 aromatic carbocycles. The first kappa shape index (κ1) is 14.7. The van der Waals surface area contributed by atoms with Crippen LogP contribution in [0, 0.1) is 5.92 Å². The fraction of sp³-hybridized carbons (Fsp3) is 0.600. The van der Waals surface area contributed by atoms with Crippen molar-refractivity contribution in [2.75, 3.05) is 20.8 Å². The Morgan fingerprint density at radius 1 is 1.26 bits per heavy atom. The van der Waals surface area contributed by atoms with Crippen LogP contribution in [0.5, 0.6) is 11.5 Å². The Kier molecular flexibility index (Phi) is 5.11. The summed E-state index contributed by atoms with van der Waals surface area (Å²) in [5, 5.41) is 3.56. The van der Waals surface area contributed by atoms with Crippen LogP contribution in [0.2, 0.25) is 0 Å². The number of benzene rings is 1. The van der Waals surface area contributed by atoms with E-state index in [1.807, 2.05) is 6.07 Å². The van der Waals surface area contributed by atoms with E-state index in [2.05, 4.69) is 34.2 Å². The zero-order chi connectivity index (χ0) is 13.8. The summed E-state index contributed by atoms with van der Waals surface area (Å²) in [6.07, 6.45) is 3.89. The van der Waals surface area contributed by atoms with Gasteiger partial charge in [0.25, 0.3) is 0 Å². The maximum Gasteiger partial charge on any atom is 0.133 e. The zero-order valence-corrected chi connectivity index (χ0v) is 13.4. The van der Waals surface area contributed by atoms with Gasteiger partial charge in [-0.2, -0.15) is 0 Å². The molecule has 1 aromatic rings. The molecule has 0 bridgehead atoms. The first-order valence-electron chi connectivity index (χ1n) is 6.84. The van der Waals surface area contributed by atoms with E-state index in [0.29, 0.717) is 6.04 Å². The predicted octanol–water partition coefficient (Wildman–Crippen LogP) is 3.92. The summed E-state index contributed by atoms with van der Waals surface area (Å²) in [5.41, 5.74) is 1.19. The Morgan fingerprint density at radius 2 is 1.95 bits per heavy atom. The van der Waals surface area contributed by atoms with Crippen molar-refractivity contribution in [1.82, 2.24) is 5.32 Å². The Labute approximate surface area is 123 Å². The third-order valence-electron chi connectivity index (χ3n) is 3.60. The van der Waals surface area contributed by atoms with Crippen molar-refractivity contribution >= 4 is 15.9 Å². The van der Waals surface area contributed by atoms with Crippen LogP contribution in [0.3, 0.4) is 0 Å². The molecule has 1 unspecified atom stereocenters. The van der Waals surface area contributed by atoms with Gasteiger partial charge in [-0.25, -0.2) is 0 Å². The fourth-order valence-corrected chi connectivity index (χ4v) is 2.89. The normalized spacial score (nSPS) is 16.2. The van der Waals surface area contributed by atoms with Gasteiger partial charge in [0.15, 0.2) is 0 Å². The molecule has 0 amide bonds. The van der Waals surface area contributed by atoms with E-state index in [0.717, 1.165) is 28.4 Å². The monoisotopic (exact) mass is 327 g/mol. The average molecular weight is 328 g/mol. The smallest absolute Gasteiger partial charge is 0.133 e. The third kappa shape index (κ3) is 3.63. The largest absolute Gasteiger partial charge is 0.496 e. The summed E-state index contributed by atoms with van der Waals surface area (Å²) in [4.78, 5) is 0. The minimum absolute atomic E-state index is 0.342. The van der Waals surface area contributed by atoms with Gasteiger partial charge in [0.05, 0.1) is 18.7 Å². The SMILES string of the molecule is CCNC(CC1CC1)c1cc(OC)c(Br)cc1OC. The predicted molar refractivity (Wildman–Crippen MR) is 81.0 cm³/mol. The lowest BCUT2D eigenvalue weighted by molar-refractivity contribution is 0.382. The van der Waals surface area contributed by atoms with Gasteiger partial charge in [0.1, 0.15) is 11.5 Å². The highest BCUT2D eigenvalue weighted by atomic mass is 79.9. The number of hydrogen-bond donors (Lipinski definition) is 1. The van der Waals surface area contributed by atoms with E-state index < -0.39 is 0 Å². The standard InChI is InChI=1S/C15H22BrNO2/c1-4-17-13(7-10-5-6-10)11-8-15(19-3)12(16)9-14(11)18-2/h8-10,13,17H,4-7H2,1-3H3. The molecule has 0 aliphatic heterocycles. The van der Waals surface area contributed by atoms with E-state index in [1.54, 1.807) is 14.2 Å². The molecule has 1 aliphatic carbocycles. The van der Waals surface area contributed by atoms with Crippen LogP contribution in [0.15, 0.2) is 16.6 Å². The Hall–Kier alpha value is -0.740. The molecule has 1 fully saturated rings. The van der Waals surface area contributed by atoms with Crippen LogP contribution in [-0.2, 0) is 0 Å². The Bertz CT molecular complexity index is 432. The summed E-state index contributed by atoms with van der Waals surface area (Å²) < 4.78 is 11.9. The van der Waals surface area contributed by atoms with Crippen LogP contribution >= 0.6 is 15.9 Å². The first-order chi connectivity index (χ1) is 9.19. The van der Waals surface area contributed by atoms with Crippen molar-refractivity contribution in [3.63, 3.8) is 0 Å². The van der Waals surface area contributed by atoms with Gasteiger partial charge in [0.2, 0.25) is 0 Å². The summed E-state index contributed by atoms with van der Waals surface area (Å²) in [5.74, 6) is 2.64.